The van der Waals surface area contributed by atoms with Crippen molar-refractivity contribution in [2.45, 2.75) is 0 Å². The zero-order valence-electron chi connectivity index (χ0n) is 6.09. The maximum Gasteiger partial charge on any atom is 0.159 e. The number of hydrogen-bond acceptors (Lipinski definition) is 1. The fourth-order valence-electron chi connectivity index (χ4n) is 1.08. The van der Waals surface area contributed by atoms with Crippen molar-refractivity contribution >= 4 is 10.8 Å². The number of fused-ring (bicyclic) bond motifs is 1. The molecule has 0 unspecified atom stereocenters. The molecular weight excluding hydrogens is 160 g/mol. The summed E-state index contributed by atoms with van der Waals surface area (Å²) in [6.07, 6.45) is 3.04. The molecule has 0 fully saturated rings. The van der Waals surface area contributed by atoms with E-state index in [-0.39, 0.29) is 0 Å². The predicted octanol–water partition coefficient (Wildman–Crippen LogP) is 2.51. The lowest BCUT2D eigenvalue weighted by Gasteiger charge is -1.96. The molecule has 0 spiro atoms. The highest BCUT2D eigenvalue weighted by molar-refractivity contribution is 5.81. The van der Waals surface area contributed by atoms with E-state index in [0.29, 0.717) is 10.8 Å². The maximum absolute atomic E-state index is 12.7. The van der Waals surface area contributed by atoms with Gasteiger partial charge in [0.25, 0.3) is 0 Å². The van der Waals surface area contributed by atoms with Crippen LogP contribution in [-0.4, -0.2) is 4.98 Å². The minimum Gasteiger partial charge on any atom is -0.264 e. The van der Waals surface area contributed by atoms with E-state index in [4.69, 9.17) is 0 Å². The van der Waals surface area contributed by atoms with Crippen molar-refractivity contribution in [2.75, 3.05) is 0 Å². The number of halogens is 2. The summed E-state index contributed by atoms with van der Waals surface area (Å²) in [6, 6.07) is 3.93. The summed E-state index contributed by atoms with van der Waals surface area (Å²) >= 11 is 0. The van der Waals surface area contributed by atoms with Crippen molar-refractivity contribution in [3.8, 4) is 0 Å². The fourth-order valence-corrected chi connectivity index (χ4v) is 1.08. The van der Waals surface area contributed by atoms with Gasteiger partial charge >= 0.3 is 0 Å². The zero-order chi connectivity index (χ0) is 8.55. The smallest absolute Gasteiger partial charge is 0.159 e. The summed E-state index contributed by atoms with van der Waals surface area (Å²) in [5.74, 6) is -1.66. The van der Waals surface area contributed by atoms with Gasteiger partial charge in [0.1, 0.15) is 0 Å². The Morgan fingerprint density at radius 1 is 1.00 bits per heavy atom. The first-order valence-electron chi connectivity index (χ1n) is 3.46. The van der Waals surface area contributed by atoms with Gasteiger partial charge < -0.3 is 0 Å². The average molecular weight is 165 g/mol. The summed E-state index contributed by atoms with van der Waals surface area (Å²) in [5, 5.41) is 1.26. The van der Waals surface area contributed by atoms with Gasteiger partial charge in [0.05, 0.1) is 0 Å². The van der Waals surface area contributed by atoms with Gasteiger partial charge in [-0.05, 0) is 23.6 Å². The van der Waals surface area contributed by atoms with E-state index in [1.807, 2.05) is 0 Å². The summed E-state index contributed by atoms with van der Waals surface area (Å²) in [6.45, 7) is 0. The predicted molar refractivity (Wildman–Crippen MR) is 41.7 cm³/mol. The van der Waals surface area contributed by atoms with Crippen LogP contribution in [0.4, 0.5) is 8.78 Å². The molecule has 60 valence electrons. The second-order valence-electron chi connectivity index (χ2n) is 2.49. The molecule has 0 atom stereocenters. The molecule has 0 aliphatic heterocycles. The molecular formula is C9H5F2N. The highest BCUT2D eigenvalue weighted by atomic mass is 19.2. The standard InChI is InChI=1S/C9H5F2N/c10-8-3-6-1-2-12-5-7(6)4-9(8)11/h1-5H. The van der Waals surface area contributed by atoms with Crippen LogP contribution in [0.5, 0.6) is 0 Å². The monoisotopic (exact) mass is 165 g/mol. The Balaban J connectivity index is 2.84. The molecule has 0 saturated carbocycles. The Kier molecular flexibility index (Phi) is 1.50. The summed E-state index contributed by atoms with van der Waals surface area (Å²) in [5.41, 5.74) is 0. The molecule has 1 heterocycles. The first-order chi connectivity index (χ1) is 5.77. The largest absolute Gasteiger partial charge is 0.264 e. The van der Waals surface area contributed by atoms with Crippen LogP contribution in [0.2, 0.25) is 0 Å². The van der Waals surface area contributed by atoms with E-state index in [0.717, 1.165) is 12.1 Å². The molecule has 2 aromatic rings. The molecule has 0 bridgehead atoms. The molecule has 0 N–H and O–H groups in total. The average Bonchev–Trinajstić information content (AvgIpc) is 2.07. The van der Waals surface area contributed by atoms with E-state index in [2.05, 4.69) is 4.98 Å². The van der Waals surface area contributed by atoms with Crippen LogP contribution in [0.3, 0.4) is 0 Å². The maximum atomic E-state index is 12.7. The van der Waals surface area contributed by atoms with Crippen LogP contribution in [0.25, 0.3) is 10.8 Å². The van der Waals surface area contributed by atoms with Gasteiger partial charge in [-0.25, -0.2) is 8.78 Å². The highest BCUT2D eigenvalue weighted by Gasteiger charge is 2.02. The first-order valence-corrected chi connectivity index (χ1v) is 3.46. The minimum absolute atomic E-state index is 0.608. The van der Waals surface area contributed by atoms with E-state index in [1.54, 1.807) is 12.3 Å². The molecule has 3 heteroatoms. The number of benzene rings is 1. The quantitative estimate of drug-likeness (QED) is 0.584. The summed E-state index contributed by atoms with van der Waals surface area (Å²) < 4.78 is 25.3. The number of nitrogens with zero attached hydrogens (tertiary/aromatic N) is 1. The molecule has 0 saturated heterocycles. The lowest BCUT2D eigenvalue weighted by Crippen LogP contribution is -1.84. The Bertz CT molecular complexity index is 385. The Labute approximate surface area is 67.7 Å². The number of aromatic nitrogens is 1. The lowest BCUT2D eigenvalue weighted by molar-refractivity contribution is 0.511. The van der Waals surface area contributed by atoms with E-state index in [1.165, 1.54) is 6.20 Å². The van der Waals surface area contributed by atoms with Crippen molar-refractivity contribution in [1.29, 1.82) is 0 Å². The van der Waals surface area contributed by atoms with Gasteiger partial charge in [-0.2, -0.15) is 0 Å². The van der Waals surface area contributed by atoms with Crippen LogP contribution < -0.4 is 0 Å². The second-order valence-corrected chi connectivity index (χ2v) is 2.49. The SMILES string of the molecule is Fc1cc2ccncc2cc1F. The van der Waals surface area contributed by atoms with Crippen molar-refractivity contribution in [3.05, 3.63) is 42.2 Å². The van der Waals surface area contributed by atoms with Crippen LogP contribution in [0.15, 0.2) is 30.6 Å². The van der Waals surface area contributed by atoms with Gasteiger partial charge in [-0.15, -0.1) is 0 Å². The van der Waals surface area contributed by atoms with Crippen LogP contribution >= 0.6 is 0 Å². The van der Waals surface area contributed by atoms with E-state index in [9.17, 15) is 8.78 Å². The second kappa shape index (κ2) is 2.52. The fraction of sp³-hybridized carbons (Fsp3) is 0. The Morgan fingerprint density at radius 3 is 2.42 bits per heavy atom. The molecule has 0 amide bonds. The van der Waals surface area contributed by atoms with E-state index >= 15 is 0 Å². The third-order valence-corrected chi connectivity index (χ3v) is 1.68. The minimum atomic E-state index is -0.837. The molecule has 1 aromatic carbocycles. The molecule has 0 aliphatic carbocycles. The molecule has 1 aromatic heterocycles. The Hall–Kier alpha value is -1.51. The normalized spacial score (nSPS) is 10.5. The summed E-state index contributed by atoms with van der Waals surface area (Å²) in [7, 11) is 0. The molecule has 12 heavy (non-hydrogen) atoms. The molecule has 0 aliphatic rings. The van der Waals surface area contributed by atoms with Gasteiger partial charge in [0.2, 0.25) is 0 Å². The first kappa shape index (κ1) is 7.16. The highest BCUT2D eigenvalue weighted by Crippen LogP contribution is 2.16. The van der Waals surface area contributed by atoms with Crippen LogP contribution in [0.1, 0.15) is 0 Å². The zero-order valence-corrected chi connectivity index (χ0v) is 6.09. The van der Waals surface area contributed by atoms with Crippen molar-refractivity contribution in [3.63, 3.8) is 0 Å². The molecule has 2 rings (SSSR count). The third kappa shape index (κ3) is 1.03. The van der Waals surface area contributed by atoms with Crippen molar-refractivity contribution < 1.29 is 8.78 Å². The summed E-state index contributed by atoms with van der Waals surface area (Å²) in [4.78, 5) is 3.79. The van der Waals surface area contributed by atoms with Gasteiger partial charge in [0.15, 0.2) is 11.6 Å². The number of hydrogen-bond donors (Lipinski definition) is 0. The van der Waals surface area contributed by atoms with Crippen LogP contribution in [-0.2, 0) is 0 Å². The van der Waals surface area contributed by atoms with E-state index < -0.39 is 11.6 Å². The van der Waals surface area contributed by atoms with Gasteiger partial charge in [0, 0.05) is 17.8 Å². The lowest BCUT2D eigenvalue weighted by atomic mass is 10.2. The molecule has 0 radical (unpaired) electrons. The van der Waals surface area contributed by atoms with Crippen LogP contribution in [0, 0.1) is 11.6 Å². The Morgan fingerprint density at radius 2 is 1.67 bits per heavy atom. The number of pyridine rings is 1. The topological polar surface area (TPSA) is 12.9 Å². The van der Waals surface area contributed by atoms with Crippen molar-refractivity contribution in [2.24, 2.45) is 0 Å². The third-order valence-electron chi connectivity index (χ3n) is 1.68. The van der Waals surface area contributed by atoms with Gasteiger partial charge in [-0.1, -0.05) is 0 Å². The number of rotatable bonds is 0. The van der Waals surface area contributed by atoms with Gasteiger partial charge in [-0.3, -0.25) is 4.98 Å². The van der Waals surface area contributed by atoms with Crippen molar-refractivity contribution in [1.82, 2.24) is 4.98 Å². The molecule has 1 nitrogen and oxygen atoms in total.